The molecule has 0 bridgehead atoms. The van der Waals surface area contributed by atoms with Crippen molar-refractivity contribution in [3.8, 4) is 0 Å². The third-order valence-corrected chi connectivity index (χ3v) is 2.78. The van der Waals surface area contributed by atoms with Gasteiger partial charge in [-0.05, 0) is 19.8 Å². The summed E-state index contributed by atoms with van der Waals surface area (Å²) < 4.78 is 5.32. The van der Waals surface area contributed by atoms with E-state index in [0.717, 1.165) is 25.7 Å². The molecule has 2 heteroatoms. The van der Waals surface area contributed by atoms with E-state index in [1.165, 1.54) is 25.7 Å². The summed E-state index contributed by atoms with van der Waals surface area (Å²) in [6, 6.07) is 0. The minimum Gasteiger partial charge on any atom is -0.463 e. The maximum absolute atomic E-state index is 11.4. The minimum atomic E-state index is -0.0138. The van der Waals surface area contributed by atoms with Crippen LogP contribution < -0.4 is 0 Å². The van der Waals surface area contributed by atoms with Crippen molar-refractivity contribution < 1.29 is 9.53 Å². The van der Waals surface area contributed by atoms with Crippen molar-refractivity contribution in [1.82, 2.24) is 0 Å². The molecule has 0 aromatic heterocycles. The smallest absolute Gasteiger partial charge is 0.306 e. The fourth-order valence-corrected chi connectivity index (χ4v) is 1.71. The molecule has 96 valence electrons. The van der Waals surface area contributed by atoms with Crippen molar-refractivity contribution in [1.29, 1.82) is 0 Å². The number of esters is 1. The Bertz CT molecular complexity index is 166. The summed E-state index contributed by atoms with van der Waals surface area (Å²) >= 11 is 0. The third kappa shape index (κ3) is 10.0. The second kappa shape index (κ2) is 11.0. The first-order valence-electron chi connectivity index (χ1n) is 6.90. The van der Waals surface area contributed by atoms with Crippen molar-refractivity contribution in [3.05, 3.63) is 0 Å². The zero-order valence-electron chi connectivity index (χ0n) is 11.3. The van der Waals surface area contributed by atoms with Crippen LogP contribution in [0.4, 0.5) is 0 Å². The van der Waals surface area contributed by atoms with E-state index in [0.29, 0.717) is 6.42 Å². The molecule has 0 saturated carbocycles. The quantitative estimate of drug-likeness (QED) is 0.407. The molecule has 0 amide bonds. The van der Waals surface area contributed by atoms with Crippen LogP contribution in [-0.2, 0) is 9.53 Å². The van der Waals surface area contributed by atoms with E-state index in [2.05, 4.69) is 13.8 Å². The molecule has 16 heavy (non-hydrogen) atoms. The number of carbonyl (C=O) groups excluding carboxylic acids is 1. The van der Waals surface area contributed by atoms with Crippen molar-refractivity contribution >= 4 is 5.97 Å². The summed E-state index contributed by atoms with van der Waals surface area (Å²) in [5.74, 6) is -0.0138. The molecule has 1 atom stereocenters. The van der Waals surface area contributed by atoms with Gasteiger partial charge in [0.05, 0.1) is 6.10 Å². The second-order valence-electron chi connectivity index (χ2n) is 4.61. The van der Waals surface area contributed by atoms with Crippen LogP contribution in [0.15, 0.2) is 0 Å². The van der Waals surface area contributed by atoms with Crippen molar-refractivity contribution in [2.24, 2.45) is 0 Å². The molecule has 1 unspecified atom stereocenters. The van der Waals surface area contributed by atoms with Crippen molar-refractivity contribution in [3.63, 3.8) is 0 Å². The zero-order chi connectivity index (χ0) is 12.2. The van der Waals surface area contributed by atoms with Gasteiger partial charge < -0.3 is 4.74 Å². The molecule has 0 rings (SSSR count). The Morgan fingerprint density at radius 3 is 2.25 bits per heavy atom. The van der Waals surface area contributed by atoms with Crippen LogP contribution >= 0.6 is 0 Å². The topological polar surface area (TPSA) is 26.3 Å². The second-order valence-corrected chi connectivity index (χ2v) is 4.61. The minimum absolute atomic E-state index is 0.0138. The standard InChI is InChI=1S/C14H28O2/c1-4-6-8-9-10-12-14(15)16-13(3)11-7-5-2/h13H,4-12H2,1-3H3. The lowest BCUT2D eigenvalue weighted by molar-refractivity contribution is -0.148. The third-order valence-electron chi connectivity index (χ3n) is 2.78. The van der Waals surface area contributed by atoms with Gasteiger partial charge in [0.15, 0.2) is 0 Å². The van der Waals surface area contributed by atoms with Gasteiger partial charge in [-0.3, -0.25) is 4.79 Å². The summed E-state index contributed by atoms with van der Waals surface area (Å²) in [6.07, 6.45) is 9.92. The van der Waals surface area contributed by atoms with Crippen LogP contribution in [0.5, 0.6) is 0 Å². The number of unbranched alkanes of at least 4 members (excludes halogenated alkanes) is 5. The predicted octanol–water partition coefficient (Wildman–Crippen LogP) is 4.47. The van der Waals surface area contributed by atoms with Gasteiger partial charge in [-0.1, -0.05) is 52.4 Å². The molecule has 0 aliphatic carbocycles. The van der Waals surface area contributed by atoms with E-state index in [4.69, 9.17) is 4.74 Å². The predicted molar refractivity (Wildman–Crippen MR) is 68.5 cm³/mol. The first kappa shape index (κ1) is 15.5. The molecular weight excluding hydrogens is 200 g/mol. The van der Waals surface area contributed by atoms with E-state index >= 15 is 0 Å². The zero-order valence-corrected chi connectivity index (χ0v) is 11.3. The first-order valence-corrected chi connectivity index (χ1v) is 6.90. The molecular formula is C14H28O2. The molecule has 0 saturated heterocycles. The fraction of sp³-hybridized carbons (Fsp3) is 0.929. The molecule has 0 fully saturated rings. The van der Waals surface area contributed by atoms with Crippen LogP contribution in [0, 0.1) is 0 Å². The molecule has 2 nitrogen and oxygen atoms in total. The molecule has 0 heterocycles. The van der Waals surface area contributed by atoms with Crippen LogP contribution in [0.2, 0.25) is 0 Å². The number of hydrogen-bond donors (Lipinski definition) is 0. The van der Waals surface area contributed by atoms with Gasteiger partial charge in [-0.15, -0.1) is 0 Å². The summed E-state index contributed by atoms with van der Waals surface area (Å²) in [5, 5.41) is 0. The summed E-state index contributed by atoms with van der Waals surface area (Å²) in [7, 11) is 0. The highest BCUT2D eigenvalue weighted by Crippen LogP contribution is 2.09. The Balaban J connectivity index is 3.36. The molecule has 0 aliphatic rings. The highest BCUT2D eigenvalue weighted by Gasteiger charge is 2.08. The summed E-state index contributed by atoms with van der Waals surface area (Å²) in [5.41, 5.74) is 0. The van der Waals surface area contributed by atoms with Gasteiger partial charge in [0.2, 0.25) is 0 Å². The maximum atomic E-state index is 11.4. The number of rotatable bonds is 10. The molecule has 0 N–H and O–H groups in total. The van der Waals surface area contributed by atoms with E-state index in [-0.39, 0.29) is 12.1 Å². The largest absolute Gasteiger partial charge is 0.463 e. The first-order chi connectivity index (χ1) is 7.70. The SMILES string of the molecule is CCCCCCCC(=O)OC(C)CCCC. The Morgan fingerprint density at radius 2 is 1.62 bits per heavy atom. The normalized spacial score (nSPS) is 12.4. The van der Waals surface area contributed by atoms with Gasteiger partial charge in [0.25, 0.3) is 0 Å². The van der Waals surface area contributed by atoms with Crippen molar-refractivity contribution in [2.45, 2.75) is 84.7 Å². The van der Waals surface area contributed by atoms with E-state index in [1.54, 1.807) is 0 Å². The monoisotopic (exact) mass is 228 g/mol. The lowest BCUT2D eigenvalue weighted by atomic mass is 10.1. The van der Waals surface area contributed by atoms with E-state index in [1.807, 2.05) is 6.92 Å². The average molecular weight is 228 g/mol. The summed E-state index contributed by atoms with van der Waals surface area (Å²) in [6.45, 7) is 6.34. The van der Waals surface area contributed by atoms with Crippen LogP contribution in [0.1, 0.15) is 78.6 Å². The Morgan fingerprint density at radius 1 is 1.00 bits per heavy atom. The molecule has 0 radical (unpaired) electrons. The lowest BCUT2D eigenvalue weighted by Crippen LogP contribution is -2.14. The van der Waals surface area contributed by atoms with E-state index in [9.17, 15) is 4.79 Å². The highest BCUT2D eigenvalue weighted by molar-refractivity contribution is 5.69. The van der Waals surface area contributed by atoms with Gasteiger partial charge in [0.1, 0.15) is 0 Å². The molecule has 0 aliphatic heterocycles. The van der Waals surface area contributed by atoms with Gasteiger partial charge in [0, 0.05) is 6.42 Å². The van der Waals surface area contributed by atoms with E-state index < -0.39 is 0 Å². The fourth-order valence-electron chi connectivity index (χ4n) is 1.71. The van der Waals surface area contributed by atoms with Gasteiger partial charge in [-0.25, -0.2) is 0 Å². The van der Waals surface area contributed by atoms with Gasteiger partial charge in [-0.2, -0.15) is 0 Å². The number of carbonyl (C=O) groups is 1. The Labute approximate surface area is 101 Å². The number of ether oxygens (including phenoxy) is 1. The molecule has 0 aromatic carbocycles. The number of hydrogen-bond acceptors (Lipinski definition) is 2. The lowest BCUT2D eigenvalue weighted by Gasteiger charge is -2.12. The summed E-state index contributed by atoms with van der Waals surface area (Å²) in [4.78, 5) is 11.4. The average Bonchev–Trinajstić information content (AvgIpc) is 2.26. The van der Waals surface area contributed by atoms with Crippen LogP contribution in [0.25, 0.3) is 0 Å². The van der Waals surface area contributed by atoms with Crippen LogP contribution in [-0.4, -0.2) is 12.1 Å². The van der Waals surface area contributed by atoms with Crippen molar-refractivity contribution in [2.75, 3.05) is 0 Å². The molecule has 0 spiro atoms. The Hall–Kier alpha value is -0.530. The van der Waals surface area contributed by atoms with Crippen LogP contribution in [0.3, 0.4) is 0 Å². The molecule has 0 aromatic rings. The van der Waals surface area contributed by atoms with Gasteiger partial charge >= 0.3 is 5.97 Å². The maximum Gasteiger partial charge on any atom is 0.306 e. The highest BCUT2D eigenvalue weighted by atomic mass is 16.5. The Kier molecular flexibility index (Phi) is 10.6.